The van der Waals surface area contributed by atoms with Crippen LogP contribution in [-0.4, -0.2) is 8.07 Å². The lowest BCUT2D eigenvalue weighted by Crippen LogP contribution is -2.63. The van der Waals surface area contributed by atoms with Crippen LogP contribution >= 0.6 is 0 Å². The number of benzene rings is 2. The van der Waals surface area contributed by atoms with E-state index < -0.39 is 8.07 Å². The molecule has 2 rings (SSSR count). The number of hydrogen-bond acceptors (Lipinski definition) is 0. The highest BCUT2D eigenvalue weighted by Crippen LogP contribution is 2.36. The number of rotatable bonds is 3. The van der Waals surface area contributed by atoms with E-state index in [9.17, 15) is 0 Å². The minimum atomic E-state index is -2.05. The van der Waals surface area contributed by atoms with Gasteiger partial charge in [0.05, 0.1) is 0 Å². The minimum Gasteiger partial charge on any atom is -0.137 e. The maximum atomic E-state index is 3.86. The zero-order valence-electron chi connectivity index (χ0n) is 12.6. The summed E-state index contributed by atoms with van der Waals surface area (Å²) in [5, 5.41) is 2.98. The molecule has 2 aromatic rings. The quantitative estimate of drug-likeness (QED) is 0.589. The first kappa shape index (κ1) is 14.6. The highest BCUT2D eigenvalue weighted by atomic mass is 28.3. The van der Waals surface area contributed by atoms with Crippen LogP contribution in [0.5, 0.6) is 0 Å². The van der Waals surface area contributed by atoms with Gasteiger partial charge < -0.3 is 0 Å². The van der Waals surface area contributed by atoms with E-state index in [1.807, 2.05) is 0 Å². The molecule has 102 valence electrons. The lowest BCUT2D eigenvalue weighted by atomic mass is 10.2. The first-order valence-corrected chi connectivity index (χ1v) is 9.08. The lowest BCUT2D eigenvalue weighted by molar-refractivity contribution is 0.739. The van der Waals surface area contributed by atoms with Crippen molar-refractivity contribution in [2.45, 2.75) is 25.8 Å². The molecule has 0 unspecified atom stereocenters. The summed E-state index contributed by atoms with van der Waals surface area (Å²) in [7, 11) is -2.05. The first-order chi connectivity index (χ1) is 9.52. The predicted octanol–water partition coefficient (Wildman–Crippen LogP) is 3.93. The summed E-state index contributed by atoms with van der Waals surface area (Å²) in [5.41, 5.74) is 5.35. The first-order valence-electron chi connectivity index (χ1n) is 7.00. The molecule has 2 aromatic carbocycles. The van der Waals surface area contributed by atoms with Crippen LogP contribution in [0.3, 0.4) is 0 Å². The van der Waals surface area contributed by atoms with Gasteiger partial charge in [0.1, 0.15) is 0 Å². The van der Waals surface area contributed by atoms with Gasteiger partial charge in [-0.25, -0.2) is 0 Å². The molecule has 0 saturated carbocycles. The predicted molar refractivity (Wildman–Crippen MR) is 91.3 cm³/mol. The van der Waals surface area contributed by atoms with Crippen molar-refractivity contribution in [3.05, 3.63) is 78.7 Å². The Morgan fingerprint density at radius 1 is 0.850 bits per heavy atom. The maximum absolute atomic E-state index is 3.86. The highest BCUT2D eigenvalue weighted by Gasteiger charge is 2.45. The molecule has 0 atom stereocenters. The molecule has 0 amide bonds. The van der Waals surface area contributed by atoms with Crippen LogP contribution < -0.4 is 10.4 Å². The second-order valence-electron chi connectivity index (χ2n) is 6.14. The Bertz CT molecular complexity index is 560. The van der Waals surface area contributed by atoms with Crippen LogP contribution in [0.2, 0.25) is 5.04 Å². The van der Waals surface area contributed by atoms with Gasteiger partial charge in [0.25, 0.3) is 0 Å². The van der Waals surface area contributed by atoms with Crippen LogP contribution in [0.15, 0.2) is 78.7 Å². The van der Waals surface area contributed by atoms with Crippen molar-refractivity contribution in [2.75, 3.05) is 0 Å². The maximum Gasteiger partial charge on any atom is 0.153 e. The average molecular weight is 278 g/mol. The molecule has 0 aliphatic heterocycles. The van der Waals surface area contributed by atoms with E-state index in [2.05, 4.69) is 99.4 Å². The largest absolute Gasteiger partial charge is 0.153 e. The van der Waals surface area contributed by atoms with Gasteiger partial charge >= 0.3 is 0 Å². The van der Waals surface area contributed by atoms with Crippen LogP contribution in [0.25, 0.3) is 0 Å². The third-order valence-electron chi connectivity index (χ3n) is 3.96. The SMILES string of the molecule is C=C=C[Si](c1ccccc1)(c1ccccc1)C(C)(C)C. The molecule has 0 saturated heterocycles. The van der Waals surface area contributed by atoms with E-state index in [-0.39, 0.29) is 5.04 Å². The lowest BCUT2D eigenvalue weighted by Gasteiger charge is -2.41. The van der Waals surface area contributed by atoms with Crippen LogP contribution in [-0.2, 0) is 0 Å². The number of hydrogen-bond donors (Lipinski definition) is 0. The summed E-state index contributed by atoms with van der Waals surface area (Å²) in [4.78, 5) is 0. The summed E-state index contributed by atoms with van der Waals surface area (Å²) in [6.07, 6.45) is 0. The molecule has 0 radical (unpaired) electrons. The molecule has 0 nitrogen and oxygen atoms in total. The molecule has 0 heterocycles. The molecule has 20 heavy (non-hydrogen) atoms. The van der Waals surface area contributed by atoms with E-state index in [4.69, 9.17) is 0 Å². The van der Waals surface area contributed by atoms with Crippen molar-refractivity contribution >= 4 is 18.4 Å². The van der Waals surface area contributed by atoms with E-state index >= 15 is 0 Å². The van der Waals surface area contributed by atoms with E-state index in [1.165, 1.54) is 10.4 Å². The van der Waals surface area contributed by atoms with Crippen LogP contribution in [0, 0.1) is 0 Å². The fourth-order valence-corrected chi connectivity index (χ4v) is 7.55. The van der Waals surface area contributed by atoms with Gasteiger partial charge in [-0.15, -0.1) is 5.73 Å². The molecule has 0 fully saturated rings. The van der Waals surface area contributed by atoms with Crippen molar-refractivity contribution in [2.24, 2.45) is 0 Å². The zero-order valence-corrected chi connectivity index (χ0v) is 13.6. The molecule has 1 heteroatoms. The Balaban J connectivity index is 2.81. The van der Waals surface area contributed by atoms with Crippen molar-refractivity contribution in [1.82, 2.24) is 0 Å². The Kier molecular flexibility index (Phi) is 4.13. The Morgan fingerprint density at radius 2 is 1.25 bits per heavy atom. The molecule has 0 aliphatic rings. The average Bonchev–Trinajstić information content (AvgIpc) is 2.45. The highest BCUT2D eigenvalue weighted by molar-refractivity contribution is 7.07. The molecular weight excluding hydrogens is 256 g/mol. The van der Waals surface area contributed by atoms with Crippen molar-refractivity contribution in [1.29, 1.82) is 0 Å². The van der Waals surface area contributed by atoms with Gasteiger partial charge in [0.2, 0.25) is 0 Å². The van der Waals surface area contributed by atoms with Gasteiger partial charge in [-0.3, -0.25) is 0 Å². The molecule has 0 N–H and O–H groups in total. The minimum absolute atomic E-state index is 0.153. The Morgan fingerprint density at radius 3 is 1.55 bits per heavy atom. The summed E-state index contributed by atoms with van der Waals surface area (Å²) in [6.45, 7) is 10.8. The second-order valence-corrected chi connectivity index (χ2v) is 10.7. The summed E-state index contributed by atoms with van der Waals surface area (Å²) in [6, 6.07) is 21.7. The van der Waals surface area contributed by atoms with Crippen LogP contribution in [0.1, 0.15) is 20.8 Å². The molecule has 0 spiro atoms. The topological polar surface area (TPSA) is 0 Å². The molecule has 0 aliphatic carbocycles. The van der Waals surface area contributed by atoms with Crippen molar-refractivity contribution in [3.63, 3.8) is 0 Å². The third kappa shape index (κ3) is 2.43. The Hall–Kier alpha value is -1.82. The summed E-state index contributed by atoms with van der Waals surface area (Å²) >= 11 is 0. The zero-order chi connectivity index (χ0) is 14.6. The monoisotopic (exact) mass is 278 g/mol. The van der Waals surface area contributed by atoms with Crippen molar-refractivity contribution < 1.29 is 0 Å². The Labute approximate surface area is 123 Å². The second kappa shape index (κ2) is 5.66. The van der Waals surface area contributed by atoms with Gasteiger partial charge in [-0.2, -0.15) is 0 Å². The van der Waals surface area contributed by atoms with Crippen molar-refractivity contribution in [3.8, 4) is 0 Å². The molecular formula is C19H22Si. The van der Waals surface area contributed by atoms with Gasteiger partial charge in [-0.1, -0.05) is 88.0 Å². The molecule has 0 bridgehead atoms. The van der Waals surface area contributed by atoms with Gasteiger partial charge in [0, 0.05) is 0 Å². The van der Waals surface area contributed by atoms with E-state index in [0.29, 0.717) is 0 Å². The smallest absolute Gasteiger partial charge is 0.137 e. The summed E-state index contributed by atoms with van der Waals surface area (Å²) < 4.78 is 0. The summed E-state index contributed by atoms with van der Waals surface area (Å²) in [5.74, 6) is 0. The van der Waals surface area contributed by atoms with E-state index in [0.717, 1.165) is 0 Å². The van der Waals surface area contributed by atoms with Gasteiger partial charge in [0.15, 0.2) is 8.07 Å². The third-order valence-corrected chi connectivity index (χ3v) is 9.45. The fourth-order valence-electron chi connectivity index (χ4n) is 2.97. The van der Waals surface area contributed by atoms with Gasteiger partial charge in [-0.05, 0) is 21.1 Å². The van der Waals surface area contributed by atoms with E-state index in [1.54, 1.807) is 0 Å². The molecule has 0 aromatic heterocycles. The normalized spacial score (nSPS) is 11.8. The standard InChI is InChI=1S/C19H22Si/c1-5-16-20(19(2,3)4,17-12-8-6-9-13-17)18-14-10-7-11-15-18/h6-16H,1H2,2-4H3. The fraction of sp³-hybridized carbons (Fsp3) is 0.211. The van der Waals surface area contributed by atoms with Crippen LogP contribution in [0.4, 0.5) is 0 Å².